The third-order valence-electron chi connectivity index (χ3n) is 5.01. The van der Waals surface area contributed by atoms with E-state index in [0.29, 0.717) is 24.8 Å². The summed E-state index contributed by atoms with van der Waals surface area (Å²) in [5.41, 5.74) is 0.101. The highest BCUT2D eigenvalue weighted by atomic mass is 19.4. The molecule has 5 atom stereocenters. The summed E-state index contributed by atoms with van der Waals surface area (Å²) in [5.74, 6) is -4.51. The third kappa shape index (κ3) is 2.17. The van der Waals surface area contributed by atoms with Gasteiger partial charge in [0.05, 0.1) is 18.1 Å². The number of alkyl halides is 3. The first-order valence-electron chi connectivity index (χ1n) is 7.28. The Morgan fingerprint density at radius 2 is 2.04 bits per heavy atom. The maximum absolute atomic E-state index is 12.8. The molecule has 1 aliphatic carbocycles. The Bertz CT molecular complexity index is 587. The number of aliphatic carboxylic acids is 1. The molecule has 0 bridgehead atoms. The molecule has 2 fully saturated rings. The third-order valence-corrected chi connectivity index (χ3v) is 5.01. The largest absolute Gasteiger partial charge is 0.477 e. The van der Waals surface area contributed by atoms with Crippen molar-refractivity contribution in [3.8, 4) is 0 Å². The first-order chi connectivity index (χ1) is 10.7. The summed E-state index contributed by atoms with van der Waals surface area (Å²) in [7, 11) is 1.40. The van der Waals surface area contributed by atoms with Crippen molar-refractivity contribution in [2.75, 3.05) is 7.11 Å². The number of β-lactam (4-membered cyclic amide) rings is 1. The molecule has 0 radical (unpaired) electrons. The molecule has 3 aliphatic rings. The van der Waals surface area contributed by atoms with Crippen molar-refractivity contribution in [3.05, 3.63) is 11.3 Å². The molecule has 23 heavy (non-hydrogen) atoms. The summed E-state index contributed by atoms with van der Waals surface area (Å²) in [6.45, 7) is 0. The van der Waals surface area contributed by atoms with Gasteiger partial charge in [0.15, 0.2) is 6.10 Å². The maximum Gasteiger partial charge on any atom is 0.415 e. The molecule has 0 aromatic carbocycles. The highest BCUT2D eigenvalue weighted by Crippen LogP contribution is 2.53. The molecule has 9 heteroatoms. The molecule has 0 spiro atoms. The lowest BCUT2D eigenvalue weighted by Crippen LogP contribution is -2.66. The number of aliphatic hydroxyl groups is 1. The van der Waals surface area contributed by atoms with Gasteiger partial charge in [-0.1, -0.05) is 0 Å². The van der Waals surface area contributed by atoms with Gasteiger partial charge in [0.25, 0.3) is 0 Å². The second kappa shape index (κ2) is 5.20. The van der Waals surface area contributed by atoms with E-state index in [0.717, 1.165) is 4.90 Å². The molecule has 3 rings (SSSR count). The lowest BCUT2D eigenvalue weighted by atomic mass is 9.71. The molecule has 2 aliphatic heterocycles. The Kier molecular flexibility index (Phi) is 3.68. The monoisotopic (exact) mass is 335 g/mol. The van der Waals surface area contributed by atoms with Gasteiger partial charge < -0.3 is 19.8 Å². The van der Waals surface area contributed by atoms with Crippen LogP contribution in [-0.2, 0) is 14.3 Å². The summed E-state index contributed by atoms with van der Waals surface area (Å²) < 4.78 is 43.7. The van der Waals surface area contributed by atoms with Crippen LogP contribution in [0.15, 0.2) is 11.3 Å². The Labute approximate surface area is 129 Å². The predicted molar refractivity (Wildman–Crippen MR) is 69.0 cm³/mol. The fourth-order valence-corrected chi connectivity index (χ4v) is 4.11. The van der Waals surface area contributed by atoms with Gasteiger partial charge in [0.2, 0.25) is 5.91 Å². The van der Waals surface area contributed by atoms with E-state index in [9.17, 15) is 33.0 Å². The molecule has 1 saturated carbocycles. The Balaban J connectivity index is 2.00. The summed E-state index contributed by atoms with van der Waals surface area (Å²) in [6, 6.07) is -0.960. The number of halogens is 3. The number of hydrogen-bond acceptors (Lipinski definition) is 4. The summed E-state index contributed by atoms with van der Waals surface area (Å²) in [4.78, 5) is 24.5. The predicted octanol–water partition coefficient (Wildman–Crippen LogP) is 0.904. The van der Waals surface area contributed by atoms with Crippen LogP contribution in [0.4, 0.5) is 13.2 Å². The zero-order valence-corrected chi connectivity index (χ0v) is 12.2. The molecule has 2 heterocycles. The van der Waals surface area contributed by atoms with Crippen LogP contribution in [0.2, 0.25) is 0 Å². The standard InChI is InChI=1S/C14H16F3NO5/c1-23-6-4-2-3-5-7(6)10(13(21)22)18-9(5)8(12(18)20)11(19)14(15,16)17/h5-6,8-9,11,19H,2-4H2,1H3,(H,21,22)/t5?,6-,8-,9+,11-/m0/s1. The van der Waals surface area contributed by atoms with E-state index in [2.05, 4.69) is 0 Å². The highest BCUT2D eigenvalue weighted by molar-refractivity contribution is 6.00. The SMILES string of the molecule is CO[C@H]1CCCC2C1=C(C(=O)O)N1C(=O)[C@H]([C@H](O)C(F)(F)F)[C@@H]21. The topological polar surface area (TPSA) is 87.1 Å². The van der Waals surface area contributed by atoms with Gasteiger partial charge in [0.1, 0.15) is 5.70 Å². The molecule has 0 aromatic heterocycles. The fourth-order valence-electron chi connectivity index (χ4n) is 4.11. The smallest absolute Gasteiger partial charge is 0.415 e. The van der Waals surface area contributed by atoms with Crippen LogP contribution >= 0.6 is 0 Å². The Hall–Kier alpha value is -1.61. The van der Waals surface area contributed by atoms with Crippen molar-refractivity contribution in [2.24, 2.45) is 11.8 Å². The molecule has 1 amide bonds. The number of ether oxygens (including phenoxy) is 1. The van der Waals surface area contributed by atoms with E-state index in [1.165, 1.54) is 7.11 Å². The number of nitrogens with zero attached hydrogens (tertiary/aromatic N) is 1. The van der Waals surface area contributed by atoms with Gasteiger partial charge in [-0.15, -0.1) is 0 Å². The van der Waals surface area contributed by atoms with Crippen molar-refractivity contribution in [3.63, 3.8) is 0 Å². The van der Waals surface area contributed by atoms with Gasteiger partial charge in [-0.2, -0.15) is 13.2 Å². The van der Waals surface area contributed by atoms with Crippen molar-refractivity contribution < 1.29 is 37.7 Å². The van der Waals surface area contributed by atoms with Crippen LogP contribution in [0, 0.1) is 11.8 Å². The molecule has 1 unspecified atom stereocenters. The lowest BCUT2D eigenvalue weighted by molar-refractivity contribution is -0.238. The van der Waals surface area contributed by atoms with Crippen molar-refractivity contribution in [2.45, 2.75) is 43.7 Å². The van der Waals surface area contributed by atoms with E-state index in [4.69, 9.17) is 4.74 Å². The molecule has 0 aromatic rings. The second-order valence-corrected chi connectivity index (χ2v) is 6.08. The van der Waals surface area contributed by atoms with Crippen LogP contribution in [-0.4, -0.2) is 58.5 Å². The molecule has 2 N–H and O–H groups in total. The van der Waals surface area contributed by atoms with Gasteiger partial charge in [-0.25, -0.2) is 4.79 Å². The highest BCUT2D eigenvalue weighted by Gasteiger charge is 2.66. The molecular formula is C14H16F3NO5. The van der Waals surface area contributed by atoms with Crippen LogP contribution in [0.5, 0.6) is 0 Å². The van der Waals surface area contributed by atoms with E-state index in [1.807, 2.05) is 0 Å². The zero-order chi connectivity index (χ0) is 17.1. The Morgan fingerprint density at radius 3 is 2.57 bits per heavy atom. The first kappa shape index (κ1) is 16.3. The minimum atomic E-state index is -4.92. The zero-order valence-electron chi connectivity index (χ0n) is 12.2. The number of hydrogen-bond donors (Lipinski definition) is 2. The van der Waals surface area contributed by atoms with Crippen LogP contribution in [0.25, 0.3) is 0 Å². The number of amides is 1. The van der Waals surface area contributed by atoms with Crippen LogP contribution < -0.4 is 0 Å². The molecular weight excluding hydrogens is 319 g/mol. The van der Waals surface area contributed by atoms with Crippen LogP contribution in [0.1, 0.15) is 19.3 Å². The lowest BCUT2D eigenvalue weighted by Gasteiger charge is -2.48. The van der Waals surface area contributed by atoms with Crippen molar-refractivity contribution in [1.82, 2.24) is 4.90 Å². The van der Waals surface area contributed by atoms with E-state index >= 15 is 0 Å². The number of carbonyl (C=O) groups is 2. The number of carboxylic acids is 1. The minimum Gasteiger partial charge on any atom is -0.477 e. The fraction of sp³-hybridized carbons (Fsp3) is 0.714. The Morgan fingerprint density at radius 1 is 1.39 bits per heavy atom. The van der Waals surface area contributed by atoms with Gasteiger partial charge in [-0.3, -0.25) is 4.79 Å². The number of fused-ring (bicyclic) bond motifs is 3. The first-order valence-corrected chi connectivity index (χ1v) is 7.28. The average molecular weight is 335 g/mol. The number of carboxylic acid groups (broad SMARTS) is 1. The van der Waals surface area contributed by atoms with E-state index in [1.54, 1.807) is 0 Å². The average Bonchev–Trinajstić information content (AvgIpc) is 2.77. The number of methoxy groups -OCH3 is 1. The van der Waals surface area contributed by atoms with Gasteiger partial charge >= 0.3 is 12.1 Å². The summed E-state index contributed by atoms with van der Waals surface area (Å²) >= 11 is 0. The van der Waals surface area contributed by atoms with E-state index in [-0.39, 0.29) is 5.70 Å². The van der Waals surface area contributed by atoms with Crippen LogP contribution in [0.3, 0.4) is 0 Å². The number of carbonyl (C=O) groups excluding carboxylic acids is 1. The number of rotatable bonds is 3. The van der Waals surface area contributed by atoms with Crippen molar-refractivity contribution in [1.29, 1.82) is 0 Å². The van der Waals surface area contributed by atoms with Gasteiger partial charge in [0, 0.05) is 13.0 Å². The maximum atomic E-state index is 12.8. The molecule has 6 nitrogen and oxygen atoms in total. The van der Waals surface area contributed by atoms with E-state index < -0.39 is 48.1 Å². The second-order valence-electron chi connectivity index (χ2n) is 6.08. The normalized spacial score (nSPS) is 34.8. The summed E-state index contributed by atoms with van der Waals surface area (Å²) in [5, 5.41) is 18.9. The molecule has 128 valence electrons. The summed E-state index contributed by atoms with van der Waals surface area (Å²) in [6.07, 6.45) is -6.54. The van der Waals surface area contributed by atoms with Gasteiger partial charge in [-0.05, 0) is 24.8 Å². The quantitative estimate of drug-likeness (QED) is 0.749. The van der Waals surface area contributed by atoms with Crippen molar-refractivity contribution >= 4 is 11.9 Å². The number of aliphatic hydroxyl groups excluding tert-OH is 1. The minimum absolute atomic E-state index is 0.276. The molecule has 1 saturated heterocycles.